The van der Waals surface area contributed by atoms with Crippen LogP contribution in [0.3, 0.4) is 0 Å². The molecule has 0 N–H and O–H groups in total. The standard InChI is InChI=1S/C11H17NOS/c1-9-3-5-11(13-2,6-4-9)10-12-7-8-14-10/h7-9H,3-6H2,1-2H3. The van der Waals surface area contributed by atoms with E-state index in [1.165, 1.54) is 12.8 Å². The average molecular weight is 211 g/mol. The summed E-state index contributed by atoms with van der Waals surface area (Å²) in [5, 5.41) is 3.20. The van der Waals surface area contributed by atoms with E-state index in [1.54, 1.807) is 11.3 Å². The molecule has 0 unspecified atom stereocenters. The van der Waals surface area contributed by atoms with E-state index in [4.69, 9.17) is 4.74 Å². The first-order chi connectivity index (χ1) is 6.77. The molecule has 0 aromatic carbocycles. The molecular weight excluding hydrogens is 194 g/mol. The highest BCUT2D eigenvalue weighted by Crippen LogP contribution is 2.42. The Labute approximate surface area is 89.3 Å². The molecule has 78 valence electrons. The summed E-state index contributed by atoms with van der Waals surface area (Å²) in [7, 11) is 1.82. The van der Waals surface area contributed by atoms with Gasteiger partial charge < -0.3 is 4.74 Å². The normalized spacial score (nSPS) is 33.1. The first-order valence-electron chi connectivity index (χ1n) is 5.22. The van der Waals surface area contributed by atoms with Gasteiger partial charge in [-0.2, -0.15) is 0 Å². The van der Waals surface area contributed by atoms with E-state index >= 15 is 0 Å². The van der Waals surface area contributed by atoms with E-state index in [0.29, 0.717) is 0 Å². The summed E-state index contributed by atoms with van der Waals surface area (Å²) in [5.74, 6) is 0.846. The fourth-order valence-corrected chi connectivity index (χ4v) is 3.06. The van der Waals surface area contributed by atoms with Crippen LogP contribution in [-0.2, 0) is 10.3 Å². The Balaban J connectivity index is 2.19. The predicted octanol–water partition coefficient (Wildman–Crippen LogP) is 3.19. The monoisotopic (exact) mass is 211 g/mol. The molecule has 0 atom stereocenters. The summed E-state index contributed by atoms with van der Waals surface area (Å²) in [5.41, 5.74) is -0.0688. The molecule has 1 aromatic rings. The molecule has 1 aliphatic carbocycles. The molecule has 1 aromatic heterocycles. The van der Waals surface area contributed by atoms with Crippen molar-refractivity contribution in [2.24, 2.45) is 5.92 Å². The number of rotatable bonds is 2. The minimum absolute atomic E-state index is 0.0688. The smallest absolute Gasteiger partial charge is 0.125 e. The van der Waals surface area contributed by atoms with Gasteiger partial charge in [0, 0.05) is 18.7 Å². The first-order valence-corrected chi connectivity index (χ1v) is 6.10. The first kappa shape index (κ1) is 10.1. The third-order valence-electron chi connectivity index (χ3n) is 3.29. The Morgan fingerprint density at radius 1 is 1.50 bits per heavy atom. The number of methoxy groups -OCH3 is 1. The summed E-state index contributed by atoms with van der Waals surface area (Å²) < 4.78 is 5.72. The van der Waals surface area contributed by atoms with Crippen molar-refractivity contribution in [1.82, 2.24) is 4.98 Å². The van der Waals surface area contributed by atoms with Crippen molar-refractivity contribution >= 4 is 11.3 Å². The summed E-state index contributed by atoms with van der Waals surface area (Å²) in [6, 6.07) is 0. The molecule has 1 heterocycles. The molecule has 0 spiro atoms. The molecule has 1 aliphatic rings. The predicted molar refractivity (Wildman–Crippen MR) is 58.4 cm³/mol. The topological polar surface area (TPSA) is 22.1 Å². The molecule has 2 rings (SSSR count). The Morgan fingerprint density at radius 3 is 2.71 bits per heavy atom. The van der Waals surface area contributed by atoms with Crippen molar-refractivity contribution in [2.75, 3.05) is 7.11 Å². The molecular formula is C11H17NOS. The van der Waals surface area contributed by atoms with Gasteiger partial charge in [0.15, 0.2) is 0 Å². The van der Waals surface area contributed by atoms with Crippen LogP contribution >= 0.6 is 11.3 Å². The van der Waals surface area contributed by atoms with E-state index in [0.717, 1.165) is 23.8 Å². The molecule has 1 fully saturated rings. The SMILES string of the molecule is COC1(c2nccs2)CCC(C)CC1. The van der Waals surface area contributed by atoms with Crippen molar-refractivity contribution in [3.8, 4) is 0 Å². The number of nitrogens with zero attached hydrogens (tertiary/aromatic N) is 1. The third kappa shape index (κ3) is 1.71. The number of thiazole rings is 1. The van der Waals surface area contributed by atoms with Gasteiger partial charge in [-0.25, -0.2) is 4.98 Å². The average Bonchev–Trinajstić information content (AvgIpc) is 2.73. The van der Waals surface area contributed by atoms with Crippen LogP contribution in [0.1, 0.15) is 37.6 Å². The minimum Gasteiger partial charge on any atom is -0.371 e. The quantitative estimate of drug-likeness (QED) is 0.749. The zero-order valence-electron chi connectivity index (χ0n) is 8.82. The van der Waals surface area contributed by atoms with Gasteiger partial charge in [-0.05, 0) is 31.6 Å². The number of aromatic nitrogens is 1. The van der Waals surface area contributed by atoms with Crippen molar-refractivity contribution in [3.05, 3.63) is 16.6 Å². The third-order valence-corrected chi connectivity index (χ3v) is 4.25. The second kappa shape index (κ2) is 3.99. The van der Waals surface area contributed by atoms with E-state index in [1.807, 2.05) is 18.7 Å². The Hall–Kier alpha value is -0.410. The lowest BCUT2D eigenvalue weighted by molar-refractivity contribution is -0.0531. The maximum absolute atomic E-state index is 5.72. The van der Waals surface area contributed by atoms with Crippen molar-refractivity contribution in [3.63, 3.8) is 0 Å². The van der Waals surface area contributed by atoms with Crippen LogP contribution in [-0.4, -0.2) is 12.1 Å². The number of hydrogen-bond donors (Lipinski definition) is 0. The molecule has 0 aliphatic heterocycles. The fraction of sp³-hybridized carbons (Fsp3) is 0.727. The van der Waals surface area contributed by atoms with Gasteiger partial charge in [0.2, 0.25) is 0 Å². The molecule has 14 heavy (non-hydrogen) atoms. The highest BCUT2D eigenvalue weighted by atomic mass is 32.1. The molecule has 0 radical (unpaired) electrons. The van der Waals surface area contributed by atoms with Crippen molar-refractivity contribution in [1.29, 1.82) is 0 Å². The van der Waals surface area contributed by atoms with Crippen LogP contribution in [0.15, 0.2) is 11.6 Å². The Kier molecular flexibility index (Phi) is 2.88. The van der Waals surface area contributed by atoms with E-state index in [2.05, 4.69) is 11.9 Å². The summed E-state index contributed by atoms with van der Waals surface area (Å²) >= 11 is 1.72. The molecule has 0 bridgehead atoms. The van der Waals surface area contributed by atoms with Crippen molar-refractivity contribution in [2.45, 2.75) is 38.2 Å². The van der Waals surface area contributed by atoms with Gasteiger partial charge in [0.25, 0.3) is 0 Å². The highest BCUT2D eigenvalue weighted by molar-refractivity contribution is 7.09. The van der Waals surface area contributed by atoms with Crippen LogP contribution in [0, 0.1) is 5.92 Å². The van der Waals surface area contributed by atoms with E-state index < -0.39 is 0 Å². The molecule has 2 nitrogen and oxygen atoms in total. The Bertz CT molecular complexity index is 275. The van der Waals surface area contributed by atoms with Crippen LogP contribution in [0.2, 0.25) is 0 Å². The van der Waals surface area contributed by atoms with Crippen LogP contribution < -0.4 is 0 Å². The Morgan fingerprint density at radius 2 is 2.21 bits per heavy atom. The summed E-state index contributed by atoms with van der Waals surface area (Å²) in [6.45, 7) is 2.32. The fourth-order valence-electron chi connectivity index (χ4n) is 2.18. The van der Waals surface area contributed by atoms with Crippen LogP contribution in [0.25, 0.3) is 0 Å². The largest absolute Gasteiger partial charge is 0.371 e. The lowest BCUT2D eigenvalue weighted by atomic mass is 9.80. The van der Waals surface area contributed by atoms with Gasteiger partial charge in [-0.3, -0.25) is 0 Å². The van der Waals surface area contributed by atoms with E-state index in [-0.39, 0.29) is 5.60 Å². The zero-order valence-corrected chi connectivity index (χ0v) is 9.64. The molecule has 1 saturated carbocycles. The van der Waals surface area contributed by atoms with Crippen LogP contribution in [0.5, 0.6) is 0 Å². The molecule has 3 heteroatoms. The summed E-state index contributed by atoms with van der Waals surface area (Å²) in [4.78, 5) is 4.40. The highest BCUT2D eigenvalue weighted by Gasteiger charge is 2.37. The van der Waals surface area contributed by atoms with Crippen LogP contribution in [0.4, 0.5) is 0 Å². The van der Waals surface area contributed by atoms with Gasteiger partial charge in [0.05, 0.1) is 0 Å². The minimum atomic E-state index is -0.0688. The zero-order chi connectivity index (χ0) is 10.0. The van der Waals surface area contributed by atoms with Crippen molar-refractivity contribution < 1.29 is 4.74 Å². The molecule has 0 amide bonds. The number of hydrogen-bond acceptors (Lipinski definition) is 3. The second-order valence-corrected chi connectivity index (χ2v) is 5.11. The molecule has 0 saturated heterocycles. The maximum atomic E-state index is 5.72. The summed E-state index contributed by atoms with van der Waals surface area (Å²) in [6.07, 6.45) is 6.63. The lowest BCUT2D eigenvalue weighted by Crippen LogP contribution is -2.33. The number of ether oxygens (including phenoxy) is 1. The van der Waals surface area contributed by atoms with Gasteiger partial charge in [0.1, 0.15) is 10.6 Å². The van der Waals surface area contributed by atoms with E-state index in [9.17, 15) is 0 Å². The maximum Gasteiger partial charge on any atom is 0.125 e. The lowest BCUT2D eigenvalue weighted by Gasteiger charge is -2.36. The van der Waals surface area contributed by atoms with Gasteiger partial charge in [-0.15, -0.1) is 11.3 Å². The van der Waals surface area contributed by atoms with Gasteiger partial charge >= 0.3 is 0 Å². The second-order valence-electron chi connectivity index (χ2n) is 4.22. The van der Waals surface area contributed by atoms with Gasteiger partial charge in [-0.1, -0.05) is 6.92 Å².